The summed E-state index contributed by atoms with van der Waals surface area (Å²) in [6.45, 7) is 9.85. The van der Waals surface area contributed by atoms with Gasteiger partial charge in [-0.3, -0.25) is 0 Å². The van der Waals surface area contributed by atoms with Gasteiger partial charge in [0.15, 0.2) is 0 Å². The van der Waals surface area contributed by atoms with E-state index >= 15 is 0 Å². The van der Waals surface area contributed by atoms with Crippen molar-refractivity contribution in [2.75, 3.05) is 0 Å². The zero-order valence-electron chi connectivity index (χ0n) is 10.6. The first-order chi connectivity index (χ1) is 6.96. The molecule has 0 nitrogen and oxygen atoms in total. The summed E-state index contributed by atoms with van der Waals surface area (Å²) in [4.78, 5) is 0. The van der Waals surface area contributed by atoms with Gasteiger partial charge >= 0.3 is 0 Å². The molecule has 0 radical (unpaired) electrons. The van der Waals surface area contributed by atoms with Gasteiger partial charge in [-0.25, -0.2) is 0 Å². The van der Waals surface area contributed by atoms with Crippen molar-refractivity contribution in [2.24, 2.45) is 28.6 Å². The molecule has 0 aromatic carbocycles. The molecule has 3 aliphatic carbocycles. The van der Waals surface area contributed by atoms with E-state index in [2.05, 4.69) is 33.8 Å². The predicted octanol–water partition coefficient (Wildman–Crippen LogP) is 4.42. The van der Waals surface area contributed by atoms with Crippen LogP contribution >= 0.6 is 0 Å². The fraction of sp³-hybridized carbons (Fsp3) is 0.867. The molecule has 1 spiro atoms. The van der Waals surface area contributed by atoms with E-state index in [0.29, 0.717) is 10.8 Å². The van der Waals surface area contributed by atoms with Gasteiger partial charge in [-0.1, -0.05) is 32.4 Å². The zero-order chi connectivity index (χ0) is 10.8. The lowest BCUT2D eigenvalue weighted by Gasteiger charge is -2.36. The molecule has 0 aromatic rings. The molecular weight excluding hydrogens is 180 g/mol. The lowest BCUT2D eigenvalue weighted by Crippen LogP contribution is -2.31. The number of allylic oxidation sites excluding steroid dienone is 2. The molecule has 0 N–H and O–H groups in total. The topological polar surface area (TPSA) is 0 Å². The summed E-state index contributed by atoms with van der Waals surface area (Å²) in [7, 11) is 0. The van der Waals surface area contributed by atoms with Crippen LogP contribution in [0.2, 0.25) is 0 Å². The van der Waals surface area contributed by atoms with Crippen LogP contribution in [-0.2, 0) is 0 Å². The van der Waals surface area contributed by atoms with Crippen molar-refractivity contribution < 1.29 is 0 Å². The van der Waals surface area contributed by atoms with Crippen LogP contribution in [0.5, 0.6) is 0 Å². The van der Waals surface area contributed by atoms with E-state index in [4.69, 9.17) is 0 Å². The van der Waals surface area contributed by atoms with Crippen molar-refractivity contribution in [3.05, 3.63) is 11.6 Å². The van der Waals surface area contributed by atoms with Crippen LogP contribution in [0, 0.1) is 28.6 Å². The van der Waals surface area contributed by atoms with Crippen LogP contribution in [0.15, 0.2) is 11.6 Å². The smallest absolute Gasteiger partial charge is 0.0138 e. The number of hydrogen-bond donors (Lipinski definition) is 0. The van der Waals surface area contributed by atoms with E-state index in [1.54, 1.807) is 5.57 Å². The fourth-order valence-electron chi connectivity index (χ4n) is 5.34. The third kappa shape index (κ3) is 1.09. The monoisotopic (exact) mass is 204 g/mol. The molecule has 2 saturated carbocycles. The summed E-state index contributed by atoms with van der Waals surface area (Å²) in [6, 6.07) is 0. The first kappa shape index (κ1) is 9.93. The average Bonchev–Trinajstić information content (AvgIpc) is 2.61. The minimum atomic E-state index is 0.596. The molecule has 2 fully saturated rings. The maximum Gasteiger partial charge on any atom is -0.0138 e. The second-order valence-corrected chi connectivity index (χ2v) is 7.21. The van der Waals surface area contributed by atoms with Crippen LogP contribution in [0.3, 0.4) is 0 Å². The van der Waals surface area contributed by atoms with E-state index < -0.39 is 0 Å². The standard InChI is InChI=1S/C15H24/c1-10-7-12-8-14(3,4)9-15(12)11(2)5-6-13(10)15/h7,11-13H,5-6,8-9H2,1-4H3/t11-,12+,13-,15+/m0/s1. The third-order valence-electron chi connectivity index (χ3n) is 5.72. The molecule has 3 rings (SSSR count). The van der Waals surface area contributed by atoms with Gasteiger partial charge in [0.2, 0.25) is 0 Å². The van der Waals surface area contributed by atoms with Crippen LogP contribution in [0.1, 0.15) is 53.4 Å². The zero-order valence-corrected chi connectivity index (χ0v) is 10.6. The van der Waals surface area contributed by atoms with E-state index in [0.717, 1.165) is 17.8 Å². The van der Waals surface area contributed by atoms with Crippen LogP contribution in [0.25, 0.3) is 0 Å². The summed E-state index contributed by atoms with van der Waals surface area (Å²) in [6.07, 6.45) is 8.49. The summed E-state index contributed by atoms with van der Waals surface area (Å²) in [5.41, 5.74) is 3.01. The molecule has 3 aliphatic rings. The highest BCUT2D eigenvalue weighted by Crippen LogP contribution is 2.70. The molecule has 0 bridgehead atoms. The first-order valence-electron chi connectivity index (χ1n) is 6.64. The maximum absolute atomic E-state index is 2.63. The van der Waals surface area contributed by atoms with Gasteiger partial charge in [-0.2, -0.15) is 0 Å². The van der Waals surface area contributed by atoms with Crippen molar-refractivity contribution in [3.8, 4) is 0 Å². The minimum Gasteiger partial charge on any atom is -0.0816 e. The molecule has 0 heterocycles. The molecule has 0 amide bonds. The lowest BCUT2D eigenvalue weighted by molar-refractivity contribution is 0.135. The summed E-state index contributed by atoms with van der Waals surface area (Å²) >= 11 is 0. The molecule has 0 heteroatoms. The van der Waals surface area contributed by atoms with E-state index in [9.17, 15) is 0 Å². The van der Waals surface area contributed by atoms with Crippen molar-refractivity contribution in [2.45, 2.75) is 53.4 Å². The number of hydrogen-bond acceptors (Lipinski definition) is 0. The van der Waals surface area contributed by atoms with Crippen LogP contribution in [-0.4, -0.2) is 0 Å². The number of rotatable bonds is 0. The van der Waals surface area contributed by atoms with Crippen molar-refractivity contribution in [1.82, 2.24) is 0 Å². The normalized spacial score (nSPS) is 51.5. The van der Waals surface area contributed by atoms with Gasteiger partial charge in [-0.05, 0) is 61.2 Å². The summed E-state index contributed by atoms with van der Waals surface area (Å²) in [5.74, 6) is 2.82. The van der Waals surface area contributed by atoms with Crippen molar-refractivity contribution >= 4 is 0 Å². The third-order valence-corrected chi connectivity index (χ3v) is 5.72. The molecule has 4 atom stereocenters. The second kappa shape index (κ2) is 2.70. The lowest BCUT2D eigenvalue weighted by atomic mass is 9.67. The molecule has 0 aromatic heterocycles. The summed E-state index contributed by atoms with van der Waals surface area (Å²) < 4.78 is 0. The average molecular weight is 204 g/mol. The van der Waals surface area contributed by atoms with Gasteiger partial charge in [0, 0.05) is 0 Å². The fourth-order valence-corrected chi connectivity index (χ4v) is 5.34. The van der Waals surface area contributed by atoms with Gasteiger partial charge in [0.05, 0.1) is 0 Å². The molecule has 0 saturated heterocycles. The highest BCUT2D eigenvalue weighted by Gasteiger charge is 2.61. The Bertz CT molecular complexity index is 323. The summed E-state index contributed by atoms with van der Waals surface area (Å²) in [5, 5.41) is 0. The van der Waals surface area contributed by atoms with Gasteiger partial charge in [0.1, 0.15) is 0 Å². The maximum atomic E-state index is 2.63. The molecule has 0 aliphatic heterocycles. The Morgan fingerprint density at radius 2 is 2.00 bits per heavy atom. The van der Waals surface area contributed by atoms with Gasteiger partial charge in [-0.15, -0.1) is 0 Å². The molecule has 0 unspecified atom stereocenters. The van der Waals surface area contributed by atoms with Crippen molar-refractivity contribution in [3.63, 3.8) is 0 Å². The predicted molar refractivity (Wildman–Crippen MR) is 64.6 cm³/mol. The SMILES string of the molecule is CC1=C[C@@H]2CC(C)(C)C[C@@]23[C@@H](C)CC[C@@H]13. The largest absolute Gasteiger partial charge is 0.0816 e. The Balaban J connectivity index is 2.05. The minimum absolute atomic E-state index is 0.596. The first-order valence-corrected chi connectivity index (χ1v) is 6.64. The van der Waals surface area contributed by atoms with E-state index in [1.807, 2.05) is 0 Å². The Morgan fingerprint density at radius 3 is 2.73 bits per heavy atom. The Kier molecular flexibility index (Phi) is 1.79. The Labute approximate surface area is 94.1 Å². The highest BCUT2D eigenvalue weighted by molar-refractivity contribution is 5.28. The Morgan fingerprint density at radius 1 is 1.27 bits per heavy atom. The Hall–Kier alpha value is -0.260. The van der Waals surface area contributed by atoms with Crippen LogP contribution < -0.4 is 0 Å². The van der Waals surface area contributed by atoms with E-state index in [-0.39, 0.29) is 0 Å². The van der Waals surface area contributed by atoms with Crippen molar-refractivity contribution in [1.29, 1.82) is 0 Å². The molecular formula is C15H24. The van der Waals surface area contributed by atoms with Gasteiger partial charge in [0.25, 0.3) is 0 Å². The second-order valence-electron chi connectivity index (χ2n) is 7.21. The van der Waals surface area contributed by atoms with Crippen LogP contribution in [0.4, 0.5) is 0 Å². The molecule has 15 heavy (non-hydrogen) atoms. The quantitative estimate of drug-likeness (QED) is 0.513. The highest BCUT2D eigenvalue weighted by atomic mass is 14.7. The van der Waals surface area contributed by atoms with Gasteiger partial charge < -0.3 is 0 Å². The molecule has 84 valence electrons. The van der Waals surface area contributed by atoms with E-state index in [1.165, 1.54) is 25.7 Å².